The van der Waals surface area contributed by atoms with Crippen LogP contribution < -0.4 is 0 Å². The molecule has 300 valence electrons. The molecule has 49 heavy (non-hydrogen) atoms. The van der Waals surface area contributed by atoms with Crippen LogP contribution in [0.3, 0.4) is 0 Å². The summed E-state index contributed by atoms with van der Waals surface area (Å²) in [6.45, 7) is 0.188. The zero-order chi connectivity index (χ0) is 40.9. The molecule has 0 spiro atoms. The summed E-state index contributed by atoms with van der Waals surface area (Å²) in [7, 11) is -10.9. The van der Waals surface area contributed by atoms with Crippen LogP contribution in [0.5, 0.6) is 0 Å². The Kier molecular flexibility index (Phi) is 16.7. The number of alkyl halides is 22. The lowest BCUT2D eigenvalue weighted by Gasteiger charge is -2.39. The normalized spacial score (nSPS) is 15.2. The molecule has 0 amide bonds. The van der Waals surface area contributed by atoms with Crippen LogP contribution in [0.25, 0.3) is 0 Å². The fourth-order valence-electron chi connectivity index (χ4n) is 2.44. The van der Waals surface area contributed by atoms with Gasteiger partial charge in [0.25, 0.3) is 20.2 Å². The lowest BCUT2D eigenvalue weighted by atomic mass is 9.89. The quantitative estimate of drug-likeness (QED) is 0.136. The summed E-state index contributed by atoms with van der Waals surface area (Å²) >= 11 is 0. The molecule has 0 radical (unpaired) electrons. The molecule has 0 aliphatic rings. The van der Waals surface area contributed by atoms with E-state index in [0.717, 1.165) is 0 Å². The summed E-state index contributed by atoms with van der Waals surface area (Å²) in [5, 5.41) is 15.8. The molecule has 0 saturated carbocycles. The second kappa shape index (κ2) is 15.8. The van der Waals surface area contributed by atoms with Crippen LogP contribution in [0.1, 0.15) is 19.3 Å². The minimum Gasteiger partial charge on any atom is -0.396 e. The Morgan fingerprint density at radius 3 is 0.673 bits per heavy atom. The Labute approximate surface area is 257 Å². The Balaban J connectivity index is -0.000000757. The maximum Gasteiger partial charge on any atom is 0.438 e. The first kappa shape index (κ1) is 51.6. The van der Waals surface area contributed by atoms with Gasteiger partial charge in [-0.05, 0) is 6.42 Å². The molecule has 0 atom stereocenters. The topological polar surface area (TPSA) is 149 Å². The largest absolute Gasteiger partial charge is 0.438 e. The highest BCUT2D eigenvalue weighted by molar-refractivity contribution is 7.86. The molecule has 0 fully saturated rings. The van der Waals surface area contributed by atoms with E-state index >= 15 is 0 Å². The van der Waals surface area contributed by atoms with Crippen LogP contribution in [-0.2, 0) is 20.2 Å². The fourth-order valence-corrected chi connectivity index (χ4v) is 3.47. The molecule has 0 aliphatic heterocycles. The predicted molar refractivity (Wildman–Crippen MR) is 113 cm³/mol. The molecular formula is C17H18F22O8S2. The molecular weight excluding hydrogens is 814 g/mol. The molecule has 0 heterocycles. The minimum absolute atomic E-state index is 0.0938. The Morgan fingerprint density at radius 1 is 0.388 bits per heavy atom. The summed E-state index contributed by atoms with van der Waals surface area (Å²) in [5.41, 5.74) is -15.3. The molecule has 4 N–H and O–H groups in total. The highest BCUT2D eigenvalue weighted by atomic mass is 32.2. The SMILES string of the molecule is O=S(=O)(O)CCC(F)(F)C(F)(F)C(F)(C(F)(F)F)C(F)(F)F.O=S(=O)(O)CCC(F)(F)C(F)(F)C(F)(C(F)(F)F)C(F)(F)F.OCCCO. The van der Waals surface area contributed by atoms with Crippen LogP contribution in [0.2, 0.25) is 0 Å². The van der Waals surface area contributed by atoms with Crippen LogP contribution in [-0.4, -0.2) is 121 Å². The van der Waals surface area contributed by atoms with Crippen molar-refractivity contribution in [3.8, 4) is 0 Å². The molecule has 0 aliphatic carbocycles. The Hall–Kier alpha value is -1.80. The van der Waals surface area contributed by atoms with Crippen LogP contribution in [0.15, 0.2) is 0 Å². The van der Waals surface area contributed by atoms with Crippen molar-refractivity contribution in [1.29, 1.82) is 0 Å². The van der Waals surface area contributed by atoms with E-state index < -0.39 is 104 Å². The molecule has 0 rings (SSSR count). The molecule has 0 aromatic rings. The van der Waals surface area contributed by atoms with Crippen molar-refractivity contribution in [3.63, 3.8) is 0 Å². The second-order valence-electron chi connectivity index (χ2n) is 8.74. The number of halogens is 22. The van der Waals surface area contributed by atoms with E-state index in [9.17, 15) is 113 Å². The molecule has 0 aromatic heterocycles. The van der Waals surface area contributed by atoms with Gasteiger partial charge in [-0.15, -0.1) is 0 Å². The maximum absolute atomic E-state index is 13.0. The van der Waals surface area contributed by atoms with Gasteiger partial charge in [-0.25, -0.2) is 8.78 Å². The lowest BCUT2D eigenvalue weighted by molar-refractivity contribution is -0.427. The predicted octanol–water partition coefficient (Wildman–Crippen LogP) is 6.10. The van der Waals surface area contributed by atoms with Crippen LogP contribution >= 0.6 is 0 Å². The Bertz CT molecular complexity index is 1130. The first-order valence-corrected chi connectivity index (χ1v) is 14.3. The van der Waals surface area contributed by atoms with Gasteiger partial charge in [-0.2, -0.15) is 105 Å². The molecule has 0 bridgehead atoms. The number of aliphatic hydroxyl groups is 2. The number of aliphatic hydroxyl groups excluding tert-OH is 2. The van der Waals surface area contributed by atoms with Crippen molar-refractivity contribution in [2.75, 3.05) is 24.7 Å². The average molecular weight is 832 g/mol. The van der Waals surface area contributed by atoms with E-state index in [2.05, 4.69) is 0 Å². The number of hydrogen-bond acceptors (Lipinski definition) is 6. The maximum atomic E-state index is 13.0. The van der Waals surface area contributed by atoms with Gasteiger partial charge in [0.15, 0.2) is 0 Å². The van der Waals surface area contributed by atoms with Crippen molar-refractivity contribution in [1.82, 2.24) is 0 Å². The van der Waals surface area contributed by atoms with E-state index in [4.69, 9.17) is 19.3 Å². The van der Waals surface area contributed by atoms with E-state index in [1.807, 2.05) is 0 Å². The summed E-state index contributed by atoms with van der Waals surface area (Å²) in [6.07, 6.45) is -35.2. The summed E-state index contributed by atoms with van der Waals surface area (Å²) in [5.74, 6) is -32.2. The Morgan fingerprint density at radius 2 is 0.571 bits per heavy atom. The van der Waals surface area contributed by atoms with Crippen molar-refractivity contribution >= 4 is 20.2 Å². The van der Waals surface area contributed by atoms with E-state index in [1.54, 1.807) is 0 Å². The third kappa shape index (κ3) is 12.1. The summed E-state index contributed by atoms with van der Waals surface area (Å²) in [4.78, 5) is 0. The van der Waals surface area contributed by atoms with Crippen molar-refractivity contribution in [2.45, 2.75) is 79.0 Å². The monoisotopic (exact) mass is 832 g/mol. The second-order valence-corrected chi connectivity index (χ2v) is 11.9. The van der Waals surface area contributed by atoms with Crippen molar-refractivity contribution in [2.24, 2.45) is 0 Å². The van der Waals surface area contributed by atoms with Gasteiger partial charge in [-0.3, -0.25) is 9.11 Å². The highest BCUT2D eigenvalue weighted by Gasteiger charge is 2.91. The van der Waals surface area contributed by atoms with Gasteiger partial charge in [0.1, 0.15) is 0 Å². The van der Waals surface area contributed by atoms with Gasteiger partial charge >= 0.3 is 59.7 Å². The highest BCUT2D eigenvalue weighted by Crippen LogP contribution is 2.61. The number of hydrogen-bond donors (Lipinski definition) is 4. The molecule has 0 saturated heterocycles. The lowest BCUT2D eigenvalue weighted by Crippen LogP contribution is -2.70. The third-order valence-electron chi connectivity index (χ3n) is 5.01. The van der Waals surface area contributed by atoms with Crippen LogP contribution in [0.4, 0.5) is 96.6 Å². The van der Waals surface area contributed by atoms with E-state index in [0.29, 0.717) is 6.42 Å². The third-order valence-corrected chi connectivity index (χ3v) is 6.45. The standard InChI is InChI=1S/2C7H5F11O3S.C3H8O2/c2*8-3(9,1-2-22(19,20)21)5(11,12)4(10,6(13,14)15)7(16,17)18;4-2-1-3-5/h2*1-2H2,(H,19,20,21);4-5H,1-3H2. The molecule has 0 unspecified atom stereocenters. The minimum atomic E-state index is -7.63. The molecule has 0 aromatic carbocycles. The van der Waals surface area contributed by atoms with Gasteiger partial charge in [-0.1, -0.05) is 0 Å². The first-order chi connectivity index (χ1) is 20.8. The molecule has 8 nitrogen and oxygen atoms in total. The smallest absolute Gasteiger partial charge is 0.396 e. The van der Waals surface area contributed by atoms with Crippen molar-refractivity contribution < 1.29 is 133 Å². The average Bonchev–Trinajstić information content (AvgIpc) is 2.82. The van der Waals surface area contributed by atoms with Gasteiger partial charge in [0.2, 0.25) is 0 Å². The zero-order valence-electron chi connectivity index (χ0n) is 22.5. The van der Waals surface area contributed by atoms with Gasteiger partial charge in [0.05, 0.1) is 11.5 Å². The van der Waals surface area contributed by atoms with E-state index in [-0.39, 0.29) is 13.2 Å². The van der Waals surface area contributed by atoms with Gasteiger partial charge < -0.3 is 10.2 Å². The number of rotatable bonds is 12. The first-order valence-electron chi connectivity index (χ1n) is 11.1. The van der Waals surface area contributed by atoms with Crippen molar-refractivity contribution in [3.05, 3.63) is 0 Å². The molecule has 32 heteroatoms. The summed E-state index contributed by atoms with van der Waals surface area (Å²) < 4.78 is 330. The zero-order valence-corrected chi connectivity index (χ0v) is 24.1. The van der Waals surface area contributed by atoms with Gasteiger partial charge in [0, 0.05) is 26.1 Å². The summed E-state index contributed by atoms with van der Waals surface area (Å²) in [6, 6.07) is 0. The van der Waals surface area contributed by atoms with E-state index in [1.165, 1.54) is 0 Å². The van der Waals surface area contributed by atoms with Crippen LogP contribution in [0, 0.1) is 0 Å². The fraction of sp³-hybridized carbons (Fsp3) is 1.00.